The Morgan fingerprint density at radius 1 is 1.30 bits per heavy atom. The third-order valence-electron chi connectivity index (χ3n) is 2.67. The maximum absolute atomic E-state index is 11.9. The number of nitrogens with two attached hydrogens (primary N) is 1. The molecule has 0 fully saturated rings. The molecule has 124 valence electrons. The van der Waals surface area contributed by atoms with Gasteiger partial charge >= 0.3 is 0 Å². The van der Waals surface area contributed by atoms with E-state index in [2.05, 4.69) is 15.5 Å². The fourth-order valence-electron chi connectivity index (χ4n) is 1.52. The van der Waals surface area contributed by atoms with Crippen LogP contribution in [0, 0.1) is 0 Å². The first-order valence-corrected chi connectivity index (χ1v) is 9.57. The highest BCUT2D eigenvalue weighted by atomic mass is 32.2. The molecule has 0 saturated carbocycles. The monoisotopic (exact) mass is 373 g/mol. The molecule has 1 amide bonds. The van der Waals surface area contributed by atoms with Crippen LogP contribution in [0.4, 0.5) is 10.8 Å². The highest BCUT2D eigenvalue weighted by molar-refractivity contribution is 8.01. The Balaban J connectivity index is 1.94. The summed E-state index contributed by atoms with van der Waals surface area (Å²) in [7, 11) is -0.554. The predicted molar refractivity (Wildman–Crippen MR) is 91.0 cm³/mol. The first-order chi connectivity index (χ1) is 10.8. The van der Waals surface area contributed by atoms with Crippen LogP contribution in [0.2, 0.25) is 0 Å². The largest absolute Gasteiger partial charge is 0.374 e. The Morgan fingerprint density at radius 3 is 2.48 bits per heavy atom. The zero-order valence-electron chi connectivity index (χ0n) is 12.4. The van der Waals surface area contributed by atoms with Gasteiger partial charge in [0.1, 0.15) is 0 Å². The van der Waals surface area contributed by atoms with Crippen molar-refractivity contribution in [2.45, 2.75) is 9.24 Å². The number of sulfonamides is 1. The van der Waals surface area contributed by atoms with Gasteiger partial charge in [0.05, 0.1) is 10.6 Å². The van der Waals surface area contributed by atoms with Crippen LogP contribution in [0.25, 0.3) is 0 Å². The Labute approximate surface area is 142 Å². The maximum atomic E-state index is 11.9. The van der Waals surface area contributed by atoms with Gasteiger partial charge in [-0.25, -0.2) is 12.7 Å². The van der Waals surface area contributed by atoms with Gasteiger partial charge in [-0.05, 0) is 24.3 Å². The highest BCUT2D eigenvalue weighted by Gasteiger charge is 2.16. The number of nitrogen functional groups attached to an aromatic ring is 1. The minimum Gasteiger partial charge on any atom is -0.374 e. The second kappa shape index (κ2) is 7.25. The summed E-state index contributed by atoms with van der Waals surface area (Å²) in [6, 6.07) is 5.98. The Bertz CT molecular complexity index is 787. The van der Waals surface area contributed by atoms with Crippen molar-refractivity contribution in [1.82, 2.24) is 14.5 Å². The zero-order chi connectivity index (χ0) is 17.0. The minimum absolute atomic E-state index is 0.159. The van der Waals surface area contributed by atoms with E-state index in [1.54, 1.807) is 12.1 Å². The lowest BCUT2D eigenvalue weighted by Gasteiger charge is -2.11. The number of thioether (sulfide) groups is 1. The van der Waals surface area contributed by atoms with Gasteiger partial charge in [-0.3, -0.25) is 4.79 Å². The van der Waals surface area contributed by atoms with Gasteiger partial charge in [0.15, 0.2) is 4.34 Å². The van der Waals surface area contributed by atoms with Crippen molar-refractivity contribution in [2.75, 3.05) is 30.9 Å². The standard InChI is InChI=1S/C12H15N5O3S3/c1-17(2)23(19,20)9-5-3-8(4-6-9)14-10(18)7-21-12-16-15-11(13)22-12/h3-6H,7H2,1-2H3,(H2,13,15)(H,14,18). The molecule has 0 aliphatic rings. The second-order valence-corrected chi connectivity index (χ2v) is 8.94. The zero-order valence-corrected chi connectivity index (χ0v) is 14.8. The van der Waals surface area contributed by atoms with Crippen molar-refractivity contribution in [2.24, 2.45) is 0 Å². The van der Waals surface area contributed by atoms with Crippen LogP contribution < -0.4 is 11.1 Å². The topological polar surface area (TPSA) is 118 Å². The van der Waals surface area contributed by atoms with E-state index in [0.29, 0.717) is 15.2 Å². The van der Waals surface area contributed by atoms with Gasteiger partial charge in [0.2, 0.25) is 21.1 Å². The Hall–Kier alpha value is -1.69. The summed E-state index contributed by atoms with van der Waals surface area (Å²) in [6.07, 6.45) is 0. The third kappa shape index (κ3) is 4.64. The van der Waals surface area contributed by atoms with E-state index in [-0.39, 0.29) is 16.6 Å². The van der Waals surface area contributed by atoms with Crippen molar-refractivity contribution in [3.63, 3.8) is 0 Å². The van der Waals surface area contributed by atoms with Crippen LogP contribution in [0.1, 0.15) is 0 Å². The molecule has 0 saturated heterocycles. The quantitative estimate of drug-likeness (QED) is 0.728. The normalized spacial score (nSPS) is 11.6. The van der Waals surface area contributed by atoms with Gasteiger partial charge in [0.25, 0.3) is 0 Å². The molecular formula is C12H15N5O3S3. The van der Waals surface area contributed by atoms with Crippen molar-refractivity contribution >= 4 is 49.8 Å². The molecule has 1 aromatic carbocycles. The molecule has 0 bridgehead atoms. The fourth-order valence-corrected chi connectivity index (χ4v) is 3.86. The number of hydrogen-bond acceptors (Lipinski definition) is 8. The van der Waals surface area contributed by atoms with Gasteiger partial charge in [0, 0.05) is 19.8 Å². The number of carbonyl (C=O) groups is 1. The number of nitrogens with zero attached hydrogens (tertiary/aromatic N) is 3. The summed E-state index contributed by atoms with van der Waals surface area (Å²) < 4.78 is 25.6. The molecule has 0 radical (unpaired) electrons. The molecule has 0 unspecified atom stereocenters. The number of rotatable bonds is 6. The number of nitrogens with one attached hydrogen (secondary N) is 1. The van der Waals surface area contributed by atoms with E-state index < -0.39 is 10.0 Å². The average molecular weight is 373 g/mol. The van der Waals surface area contributed by atoms with Crippen LogP contribution in [-0.4, -0.2) is 48.7 Å². The molecule has 2 rings (SSSR count). The van der Waals surface area contributed by atoms with Gasteiger partial charge in [-0.2, -0.15) is 0 Å². The number of hydrogen-bond donors (Lipinski definition) is 2. The molecule has 2 aromatic rings. The van der Waals surface area contributed by atoms with Crippen LogP contribution in [-0.2, 0) is 14.8 Å². The molecule has 0 spiro atoms. The van der Waals surface area contributed by atoms with E-state index in [0.717, 1.165) is 4.31 Å². The van der Waals surface area contributed by atoms with Crippen LogP contribution in [0.15, 0.2) is 33.5 Å². The number of anilines is 2. The van der Waals surface area contributed by atoms with E-state index in [4.69, 9.17) is 5.73 Å². The smallest absolute Gasteiger partial charge is 0.242 e. The van der Waals surface area contributed by atoms with Crippen LogP contribution in [0.3, 0.4) is 0 Å². The Morgan fingerprint density at radius 2 is 1.96 bits per heavy atom. The summed E-state index contributed by atoms with van der Waals surface area (Å²) in [5.41, 5.74) is 5.98. The predicted octanol–water partition coefficient (Wildman–Crippen LogP) is 1.10. The molecule has 8 nitrogen and oxygen atoms in total. The lowest BCUT2D eigenvalue weighted by atomic mass is 10.3. The Kier molecular flexibility index (Phi) is 5.57. The average Bonchev–Trinajstić information content (AvgIpc) is 2.91. The summed E-state index contributed by atoms with van der Waals surface area (Å²) in [4.78, 5) is 12.0. The highest BCUT2D eigenvalue weighted by Crippen LogP contribution is 2.23. The number of benzene rings is 1. The molecule has 23 heavy (non-hydrogen) atoms. The van der Waals surface area contributed by atoms with Gasteiger partial charge in [-0.1, -0.05) is 23.1 Å². The molecule has 0 atom stereocenters. The summed E-state index contributed by atoms with van der Waals surface area (Å²) in [6.45, 7) is 0. The first-order valence-electron chi connectivity index (χ1n) is 6.33. The van der Waals surface area contributed by atoms with Crippen LogP contribution >= 0.6 is 23.1 Å². The molecule has 3 N–H and O–H groups in total. The summed E-state index contributed by atoms with van der Waals surface area (Å²) >= 11 is 2.44. The second-order valence-electron chi connectivity index (χ2n) is 4.55. The number of aromatic nitrogens is 2. The molecule has 1 aromatic heterocycles. The lowest BCUT2D eigenvalue weighted by molar-refractivity contribution is -0.113. The van der Waals surface area contributed by atoms with E-state index >= 15 is 0 Å². The number of carbonyl (C=O) groups excluding carboxylic acids is 1. The van der Waals surface area contributed by atoms with Crippen molar-refractivity contribution in [3.05, 3.63) is 24.3 Å². The molecule has 0 aliphatic carbocycles. The summed E-state index contributed by atoms with van der Waals surface area (Å²) in [5, 5.41) is 10.5. The SMILES string of the molecule is CN(C)S(=O)(=O)c1ccc(NC(=O)CSc2nnc(N)s2)cc1. The minimum atomic E-state index is -3.48. The molecule has 11 heteroatoms. The van der Waals surface area contributed by atoms with E-state index in [1.807, 2.05) is 0 Å². The summed E-state index contributed by atoms with van der Waals surface area (Å²) in [5.74, 6) is -0.0705. The van der Waals surface area contributed by atoms with Crippen molar-refractivity contribution in [3.8, 4) is 0 Å². The lowest BCUT2D eigenvalue weighted by Crippen LogP contribution is -2.22. The van der Waals surface area contributed by atoms with Crippen molar-refractivity contribution < 1.29 is 13.2 Å². The molecule has 1 heterocycles. The van der Waals surface area contributed by atoms with E-state index in [1.165, 1.54) is 49.3 Å². The van der Waals surface area contributed by atoms with E-state index in [9.17, 15) is 13.2 Å². The van der Waals surface area contributed by atoms with Gasteiger partial charge in [-0.15, -0.1) is 10.2 Å². The number of amides is 1. The third-order valence-corrected chi connectivity index (χ3v) is 6.38. The van der Waals surface area contributed by atoms with Gasteiger partial charge < -0.3 is 11.1 Å². The molecular weight excluding hydrogens is 358 g/mol. The molecule has 0 aliphatic heterocycles. The maximum Gasteiger partial charge on any atom is 0.242 e. The van der Waals surface area contributed by atoms with Crippen LogP contribution in [0.5, 0.6) is 0 Å². The fraction of sp³-hybridized carbons (Fsp3) is 0.250. The van der Waals surface area contributed by atoms with Crippen molar-refractivity contribution in [1.29, 1.82) is 0 Å². The first kappa shape index (κ1) is 17.7.